The molecule has 0 N–H and O–H groups in total. The second-order valence-corrected chi connectivity index (χ2v) is 3.89. The third-order valence-electron chi connectivity index (χ3n) is 2.96. The van der Waals surface area contributed by atoms with E-state index < -0.39 is 0 Å². The van der Waals surface area contributed by atoms with Gasteiger partial charge in [-0.05, 0) is 12.5 Å². The predicted molar refractivity (Wildman–Crippen MR) is 67.9 cm³/mol. The van der Waals surface area contributed by atoms with Crippen molar-refractivity contribution in [3.05, 3.63) is 23.8 Å². The van der Waals surface area contributed by atoms with Crippen LogP contribution in [0.15, 0.2) is 18.2 Å². The molecule has 3 heteroatoms. The molecule has 0 saturated carbocycles. The van der Waals surface area contributed by atoms with E-state index in [-0.39, 0.29) is 11.7 Å². The lowest BCUT2D eigenvalue weighted by molar-refractivity contribution is -0.120. The molecule has 1 aromatic rings. The highest BCUT2D eigenvalue weighted by molar-refractivity contribution is 5.86. The molecule has 0 spiro atoms. The zero-order valence-electron chi connectivity index (χ0n) is 10.9. The Hall–Kier alpha value is -1.51. The lowest BCUT2D eigenvalue weighted by Gasteiger charge is -2.17. The molecule has 0 aliphatic rings. The predicted octanol–water partition coefficient (Wildman–Crippen LogP) is 3.18. The number of ketones is 1. The molecule has 0 bridgehead atoms. The fourth-order valence-electron chi connectivity index (χ4n) is 1.97. The zero-order valence-corrected chi connectivity index (χ0v) is 10.9. The van der Waals surface area contributed by atoms with E-state index in [4.69, 9.17) is 9.47 Å². The standard InChI is InChI=1S/C14H20O3/c1-5-11(13(15)6-2)12-8-7-10(16-3)9-14(12)17-4/h7-9,11H,5-6H2,1-4H3. The molecule has 0 heterocycles. The first-order valence-corrected chi connectivity index (χ1v) is 5.92. The first kappa shape index (κ1) is 13.6. The van der Waals surface area contributed by atoms with Gasteiger partial charge in [-0.3, -0.25) is 4.79 Å². The van der Waals surface area contributed by atoms with Crippen molar-refractivity contribution < 1.29 is 14.3 Å². The molecule has 0 saturated heterocycles. The van der Waals surface area contributed by atoms with Gasteiger partial charge in [0.1, 0.15) is 17.3 Å². The average Bonchev–Trinajstić information content (AvgIpc) is 2.39. The van der Waals surface area contributed by atoms with Crippen molar-refractivity contribution in [1.29, 1.82) is 0 Å². The highest BCUT2D eigenvalue weighted by atomic mass is 16.5. The number of ether oxygens (including phenoxy) is 2. The van der Waals surface area contributed by atoms with Crippen LogP contribution in [0.25, 0.3) is 0 Å². The van der Waals surface area contributed by atoms with Crippen molar-refractivity contribution in [1.82, 2.24) is 0 Å². The Bertz CT molecular complexity index is 385. The monoisotopic (exact) mass is 236 g/mol. The smallest absolute Gasteiger partial charge is 0.140 e. The maximum atomic E-state index is 11.9. The van der Waals surface area contributed by atoms with Crippen LogP contribution in [0.2, 0.25) is 0 Å². The largest absolute Gasteiger partial charge is 0.497 e. The first-order valence-electron chi connectivity index (χ1n) is 5.92. The molecule has 0 aromatic heterocycles. The van der Waals surface area contributed by atoms with Gasteiger partial charge < -0.3 is 9.47 Å². The van der Waals surface area contributed by atoms with E-state index in [2.05, 4.69) is 0 Å². The van der Waals surface area contributed by atoms with Crippen LogP contribution in [0.1, 0.15) is 38.2 Å². The van der Waals surface area contributed by atoms with E-state index >= 15 is 0 Å². The summed E-state index contributed by atoms with van der Waals surface area (Å²) in [6, 6.07) is 5.60. The number of Topliss-reactive ketones (excluding diaryl/α,β-unsaturated/α-hetero) is 1. The number of carbonyl (C=O) groups is 1. The number of hydrogen-bond donors (Lipinski definition) is 0. The van der Waals surface area contributed by atoms with Crippen molar-refractivity contribution in [3.63, 3.8) is 0 Å². The average molecular weight is 236 g/mol. The molecule has 0 radical (unpaired) electrons. The molecule has 1 atom stereocenters. The summed E-state index contributed by atoms with van der Waals surface area (Å²) in [5.41, 5.74) is 0.947. The van der Waals surface area contributed by atoms with Gasteiger partial charge in [-0.25, -0.2) is 0 Å². The summed E-state index contributed by atoms with van der Waals surface area (Å²) in [5.74, 6) is 1.62. The van der Waals surface area contributed by atoms with Crippen LogP contribution in [0, 0.1) is 0 Å². The molecule has 1 unspecified atom stereocenters. The number of benzene rings is 1. The Balaban J connectivity index is 3.14. The maximum Gasteiger partial charge on any atom is 0.140 e. The van der Waals surface area contributed by atoms with Gasteiger partial charge in [0.15, 0.2) is 0 Å². The summed E-state index contributed by atoms with van der Waals surface area (Å²) in [7, 11) is 3.23. The Labute approximate surface area is 103 Å². The van der Waals surface area contributed by atoms with Crippen molar-refractivity contribution in [2.24, 2.45) is 0 Å². The lowest BCUT2D eigenvalue weighted by Crippen LogP contribution is -2.11. The quantitative estimate of drug-likeness (QED) is 0.761. The van der Waals surface area contributed by atoms with Crippen LogP contribution in [0.5, 0.6) is 11.5 Å². The number of carbonyl (C=O) groups excluding carboxylic acids is 1. The van der Waals surface area contributed by atoms with Gasteiger partial charge in [0.25, 0.3) is 0 Å². The van der Waals surface area contributed by atoms with Crippen molar-refractivity contribution in [3.8, 4) is 11.5 Å². The summed E-state index contributed by atoms with van der Waals surface area (Å²) in [4.78, 5) is 11.9. The van der Waals surface area contributed by atoms with Gasteiger partial charge >= 0.3 is 0 Å². The fraction of sp³-hybridized carbons (Fsp3) is 0.500. The molecule has 3 nitrogen and oxygen atoms in total. The third kappa shape index (κ3) is 2.99. The molecule has 0 aliphatic heterocycles. The highest BCUT2D eigenvalue weighted by Gasteiger charge is 2.20. The van der Waals surface area contributed by atoms with Crippen LogP contribution < -0.4 is 9.47 Å². The van der Waals surface area contributed by atoms with Crippen molar-refractivity contribution >= 4 is 5.78 Å². The molecule has 1 rings (SSSR count). The molecular formula is C14H20O3. The SMILES string of the molecule is CCC(=O)C(CC)c1ccc(OC)cc1OC. The number of hydrogen-bond acceptors (Lipinski definition) is 3. The minimum absolute atomic E-state index is 0.0825. The Morgan fingerprint density at radius 1 is 1.24 bits per heavy atom. The summed E-state index contributed by atoms with van der Waals surface area (Å²) >= 11 is 0. The molecule has 17 heavy (non-hydrogen) atoms. The second kappa shape index (κ2) is 6.28. The van der Waals surface area contributed by atoms with E-state index in [1.54, 1.807) is 14.2 Å². The van der Waals surface area contributed by atoms with Gasteiger partial charge in [0.2, 0.25) is 0 Å². The zero-order chi connectivity index (χ0) is 12.8. The third-order valence-corrected chi connectivity index (χ3v) is 2.96. The maximum absolute atomic E-state index is 11.9. The summed E-state index contributed by atoms with van der Waals surface area (Å²) in [6.45, 7) is 3.91. The van der Waals surface area contributed by atoms with E-state index in [9.17, 15) is 4.79 Å². The molecular weight excluding hydrogens is 216 g/mol. The first-order chi connectivity index (χ1) is 8.17. The van der Waals surface area contributed by atoms with Crippen molar-refractivity contribution in [2.45, 2.75) is 32.6 Å². The Morgan fingerprint density at radius 2 is 1.94 bits per heavy atom. The molecule has 0 amide bonds. The molecule has 1 aromatic carbocycles. The van der Waals surface area contributed by atoms with E-state index in [0.717, 1.165) is 23.5 Å². The normalized spacial score (nSPS) is 12.0. The van der Waals surface area contributed by atoms with E-state index in [1.165, 1.54) is 0 Å². The van der Waals surface area contributed by atoms with Crippen LogP contribution in [-0.2, 0) is 4.79 Å². The highest BCUT2D eigenvalue weighted by Crippen LogP contribution is 2.33. The van der Waals surface area contributed by atoms with Gasteiger partial charge in [0, 0.05) is 24.0 Å². The van der Waals surface area contributed by atoms with E-state index in [0.29, 0.717) is 6.42 Å². The molecule has 94 valence electrons. The minimum Gasteiger partial charge on any atom is -0.497 e. The van der Waals surface area contributed by atoms with Crippen LogP contribution >= 0.6 is 0 Å². The van der Waals surface area contributed by atoms with Gasteiger partial charge in [-0.2, -0.15) is 0 Å². The second-order valence-electron chi connectivity index (χ2n) is 3.89. The van der Waals surface area contributed by atoms with Crippen LogP contribution in [0.4, 0.5) is 0 Å². The number of rotatable bonds is 6. The van der Waals surface area contributed by atoms with Crippen LogP contribution in [0.3, 0.4) is 0 Å². The molecule has 0 fully saturated rings. The molecule has 0 aliphatic carbocycles. The minimum atomic E-state index is -0.0825. The number of methoxy groups -OCH3 is 2. The van der Waals surface area contributed by atoms with Gasteiger partial charge in [-0.15, -0.1) is 0 Å². The summed E-state index contributed by atoms with van der Waals surface area (Å²) in [6.07, 6.45) is 1.34. The fourth-order valence-corrected chi connectivity index (χ4v) is 1.97. The van der Waals surface area contributed by atoms with Gasteiger partial charge in [-0.1, -0.05) is 19.9 Å². The topological polar surface area (TPSA) is 35.5 Å². The van der Waals surface area contributed by atoms with Crippen LogP contribution in [-0.4, -0.2) is 20.0 Å². The van der Waals surface area contributed by atoms with Gasteiger partial charge in [0.05, 0.1) is 14.2 Å². The van der Waals surface area contributed by atoms with Crippen molar-refractivity contribution in [2.75, 3.05) is 14.2 Å². The van der Waals surface area contributed by atoms with E-state index in [1.807, 2.05) is 32.0 Å². The summed E-state index contributed by atoms with van der Waals surface area (Å²) < 4.78 is 10.5. The summed E-state index contributed by atoms with van der Waals surface area (Å²) in [5, 5.41) is 0. The lowest BCUT2D eigenvalue weighted by atomic mass is 9.90. The Kier molecular flexibility index (Phi) is 5.01. The Morgan fingerprint density at radius 3 is 2.41 bits per heavy atom.